The van der Waals surface area contributed by atoms with Crippen LogP contribution in [0.5, 0.6) is 0 Å². The van der Waals surface area contributed by atoms with E-state index in [1.807, 2.05) is 0 Å². The highest BCUT2D eigenvalue weighted by Crippen LogP contribution is 2.26. The Bertz CT molecular complexity index is 468. The monoisotopic (exact) mass is 302 g/mol. The van der Waals surface area contributed by atoms with E-state index in [2.05, 4.69) is 12.2 Å². The first-order valence-corrected chi connectivity index (χ1v) is 5.24. The van der Waals surface area contributed by atoms with Crippen molar-refractivity contribution in [2.45, 2.75) is 12.3 Å². The molecule has 0 bridgehead atoms. The predicted molar refractivity (Wildman–Crippen MR) is 61.7 cm³/mol. The minimum absolute atomic E-state index is 0.142. The van der Waals surface area contributed by atoms with Crippen LogP contribution in [0.3, 0.4) is 0 Å². The summed E-state index contributed by atoms with van der Waals surface area (Å²) in [6, 6.07) is 1.43. The van der Waals surface area contributed by atoms with Crippen LogP contribution in [0, 0.1) is 11.6 Å². The second-order valence-corrected chi connectivity index (χ2v) is 4.03. The van der Waals surface area contributed by atoms with E-state index in [0.717, 1.165) is 0 Å². The number of anilines is 1. The highest BCUT2D eigenvalue weighted by Gasteiger charge is 2.40. The first-order chi connectivity index (χ1) is 8.65. The van der Waals surface area contributed by atoms with E-state index >= 15 is 0 Å². The maximum Gasteiger partial charge on any atom is 0.324 e. The van der Waals surface area contributed by atoms with Crippen LogP contribution >= 0.6 is 12.2 Å². The van der Waals surface area contributed by atoms with Gasteiger partial charge in [0.05, 0.1) is 6.54 Å². The smallest absolute Gasteiger partial charge is 0.324 e. The Hall–Kier alpha value is -1.51. The minimum atomic E-state index is -4.40. The molecular formula is C10H8F6N2S. The van der Waals surface area contributed by atoms with Crippen molar-refractivity contribution in [3.63, 3.8) is 0 Å². The Morgan fingerprint density at radius 1 is 1.26 bits per heavy atom. The molecule has 0 unspecified atom stereocenters. The predicted octanol–water partition coefficient (Wildman–Crippen LogP) is 2.91. The first-order valence-electron chi connectivity index (χ1n) is 4.84. The van der Waals surface area contributed by atoms with Crippen molar-refractivity contribution >= 4 is 22.9 Å². The van der Waals surface area contributed by atoms with Gasteiger partial charge in [0, 0.05) is 5.56 Å². The summed E-state index contributed by atoms with van der Waals surface area (Å²) in [5.41, 5.74) is 4.06. The Labute approximate surface area is 109 Å². The second kappa shape index (κ2) is 5.64. The first kappa shape index (κ1) is 15.5. The van der Waals surface area contributed by atoms with E-state index in [9.17, 15) is 26.3 Å². The van der Waals surface area contributed by atoms with E-state index < -0.39 is 36.2 Å². The molecule has 0 aliphatic carbocycles. The van der Waals surface area contributed by atoms with Gasteiger partial charge in [-0.05, 0) is 12.1 Å². The molecule has 0 saturated carbocycles. The van der Waals surface area contributed by atoms with E-state index in [1.54, 1.807) is 5.32 Å². The molecule has 3 N–H and O–H groups in total. The fraction of sp³-hybridized carbons (Fsp3) is 0.300. The molecule has 0 spiro atoms. The topological polar surface area (TPSA) is 38.0 Å². The van der Waals surface area contributed by atoms with Crippen molar-refractivity contribution in [2.75, 3.05) is 11.9 Å². The molecule has 0 aliphatic rings. The van der Waals surface area contributed by atoms with Crippen LogP contribution in [0.4, 0.5) is 32.0 Å². The Kier molecular flexibility index (Phi) is 4.61. The number of benzene rings is 1. The van der Waals surface area contributed by atoms with Crippen molar-refractivity contribution in [1.29, 1.82) is 0 Å². The van der Waals surface area contributed by atoms with E-state index in [4.69, 9.17) is 5.73 Å². The lowest BCUT2D eigenvalue weighted by molar-refractivity contribution is -0.117. The summed E-state index contributed by atoms with van der Waals surface area (Å²) in [4.78, 5) is -0.290. The van der Waals surface area contributed by atoms with Gasteiger partial charge in [0.2, 0.25) is 0 Å². The number of halogens is 6. The van der Waals surface area contributed by atoms with Crippen LogP contribution in [-0.4, -0.2) is 23.9 Å². The summed E-state index contributed by atoms with van der Waals surface area (Å²) in [6.45, 7) is -1.61. The van der Waals surface area contributed by atoms with Gasteiger partial charge >= 0.3 is 12.3 Å². The van der Waals surface area contributed by atoms with Crippen molar-refractivity contribution in [2.24, 2.45) is 5.73 Å². The van der Waals surface area contributed by atoms with E-state index in [1.165, 1.54) is 0 Å². The molecule has 9 heteroatoms. The lowest BCUT2D eigenvalue weighted by atomic mass is 10.2. The van der Waals surface area contributed by atoms with Crippen molar-refractivity contribution in [3.05, 3.63) is 29.3 Å². The number of hydrogen-bond acceptors (Lipinski definition) is 2. The summed E-state index contributed by atoms with van der Waals surface area (Å²) >= 11 is 4.49. The molecule has 0 atom stereocenters. The van der Waals surface area contributed by atoms with Crippen molar-refractivity contribution in [1.82, 2.24) is 0 Å². The van der Waals surface area contributed by atoms with Crippen molar-refractivity contribution in [3.8, 4) is 0 Å². The molecule has 0 radical (unpaired) electrons. The van der Waals surface area contributed by atoms with Gasteiger partial charge in [-0.1, -0.05) is 12.2 Å². The third kappa shape index (κ3) is 3.72. The lowest BCUT2D eigenvalue weighted by Gasteiger charge is -2.17. The summed E-state index contributed by atoms with van der Waals surface area (Å²) in [6.07, 6.45) is -3.94. The number of hydrogen-bond donors (Lipinski definition) is 2. The molecule has 19 heavy (non-hydrogen) atoms. The molecule has 0 fully saturated rings. The minimum Gasteiger partial charge on any atom is -0.389 e. The summed E-state index contributed by atoms with van der Waals surface area (Å²) < 4.78 is 75.8. The number of nitrogens with two attached hydrogens (primary N) is 1. The van der Waals surface area contributed by atoms with Gasteiger partial charge in [-0.25, -0.2) is 17.6 Å². The Balaban J connectivity index is 2.94. The van der Waals surface area contributed by atoms with Crippen LogP contribution in [0.15, 0.2) is 12.1 Å². The lowest BCUT2D eigenvalue weighted by Crippen LogP contribution is -2.35. The van der Waals surface area contributed by atoms with Crippen LogP contribution in [0.2, 0.25) is 0 Å². The molecule has 0 aromatic heterocycles. The van der Waals surface area contributed by atoms with Crippen LogP contribution < -0.4 is 11.1 Å². The fourth-order valence-corrected chi connectivity index (χ4v) is 1.29. The second-order valence-electron chi connectivity index (χ2n) is 3.59. The molecule has 1 aromatic carbocycles. The van der Waals surface area contributed by atoms with Gasteiger partial charge in [0.25, 0.3) is 0 Å². The Morgan fingerprint density at radius 2 is 1.74 bits per heavy atom. The maximum absolute atomic E-state index is 13.4. The molecule has 0 amide bonds. The maximum atomic E-state index is 13.4. The fourth-order valence-electron chi connectivity index (χ4n) is 1.17. The third-order valence-electron chi connectivity index (χ3n) is 2.15. The molecule has 106 valence electrons. The molecule has 0 heterocycles. The molecule has 0 aliphatic heterocycles. The summed E-state index contributed by atoms with van der Waals surface area (Å²) in [5, 5.41) is 1.60. The van der Waals surface area contributed by atoms with Crippen LogP contribution in [-0.2, 0) is 0 Å². The van der Waals surface area contributed by atoms with Gasteiger partial charge in [-0.2, -0.15) is 8.78 Å². The number of nitrogens with one attached hydrogen (secondary N) is 1. The quantitative estimate of drug-likeness (QED) is 0.649. The van der Waals surface area contributed by atoms with Gasteiger partial charge in [-0.3, -0.25) is 0 Å². The molecule has 1 rings (SSSR count). The summed E-state index contributed by atoms with van der Waals surface area (Å²) in [5.74, 6) is -6.92. The molecule has 0 saturated heterocycles. The highest BCUT2D eigenvalue weighted by molar-refractivity contribution is 7.80. The Morgan fingerprint density at radius 3 is 2.11 bits per heavy atom. The normalized spacial score (nSPS) is 11.7. The molecular weight excluding hydrogens is 294 g/mol. The van der Waals surface area contributed by atoms with Gasteiger partial charge in [-0.15, -0.1) is 0 Å². The zero-order chi connectivity index (χ0) is 14.8. The average molecular weight is 302 g/mol. The molecule has 1 aromatic rings. The van der Waals surface area contributed by atoms with E-state index in [-0.39, 0.29) is 10.6 Å². The van der Waals surface area contributed by atoms with Gasteiger partial charge in [0.1, 0.15) is 22.3 Å². The van der Waals surface area contributed by atoms with Gasteiger partial charge < -0.3 is 11.1 Å². The molecule has 2 nitrogen and oxygen atoms in total. The average Bonchev–Trinajstić information content (AvgIpc) is 2.27. The largest absolute Gasteiger partial charge is 0.389 e. The SMILES string of the molecule is NC(=S)c1cc(F)c(NCC(F)(F)C(F)F)c(F)c1. The number of alkyl halides is 4. The third-order valence-corrected chi connectivity index (χ3v) is 2.38. The van der Waals surface area contributed by atoms with Crippen LogP contribution in [0.1, 0.15) is 5.56 Å². The zero-order valence-electron chi connectivity index (χ0n) is 9.19. The summed E-state index contributed by atoms with van der Waals surface area (Å²) in [7, 11) is 0. The van der Waals surface area contributed by atoms with Crippen molar-refractivity contribution < 1.29 is 26.3 Å². The zero-order valence-corrected chi connectivity index (χ0v) is 10.0. The highest BCUT2D eigenvalue weighted by atomic mass is 32.1. The van der Waals surface area contributed by atoms with Gasteiger partial charge in [0.15, 0.2) is 0 Å². The van der Waals surface area contributed by atoms with Crippen LogP contribution in [0.25, 0.3) is 0 Å². The number of rotatable bonds is 5. The van der Waals surface area contributed by atoms with E-state index in [0.29, 0.717) is 12.1 Å². The number of thiocarbonyl (C=S) groups is 1. The standard InChI is InChI=1S/C10H8F6N2S/c11-5-1-4(8(17)19)2-6(12)7(5)18-3-10(15,16)9(13)14/h1-2,9,18H,3H2,(H2,17,19).